The standard InChI is InChI=1S/C23H32O2/c1-2-3-10-19-25-23(13-8-5-9-18-24)22-16-14-21(15-17-22)20-11-6-4-7-12-20/h4,6-7,11-12,14-17,23-24H,2-3,5,8-10,13,18-19H2,1H3. The zero-order valence-corrected chi connectivity index (χ0v) is 15.5. The van der Waals surface area contributed by atoms with E-state index in [9.17, 15) is 0 Å². The smallest absolute Gasteiger partial charge is 0.0824 e. The van der Waals surface area contributed by atoms with E-state index in [4.69, 9.17) is 9.84 Å². The first kappa shape index (κ1) is 19.7. The quantitative estimate of drug-likeness (QED) is 0.469. The average molecular weight is 341 g/mol. The molecule has 0 saturated carbocycles. The van der Waals surface area contributed by atoms with Crippen LogP contribution in [0.25, 0.3) is 11.1 Å². The van der Waals surface area contributed by atoms with Crippen LogP contribution in [0.15, 0.2) is 54.6 Å². The fraction of sp³-hybridized carbons (Fsp3) is 0.478. The molecule has 0 fully saturated rings. The molecule has 1 N–H and O–H groups in total. The van der Waals surface area contributed by atoms with Crippen molar-refractivity contribution in [1.29, 1.82) is 0 Å². The molecule has 0 saturated heterocycles. The van der Waals surface area contributed by atoms with Crippen LogP contribution in [0.2, 0.25) is 0 Å². The maximum absolute atomic E-state index is 8.96. The van der Waals surface area contributed by atoms with E-state index < -0.39 is 0 Å². The number of unbranched alkanes of at least 4 members (excludes halogenated alkanes) is 4. The van der Waals surface area contributed by atoms with Crippen molar-refractivity contribution in [2.45, 2.75) is 58.0 Å². The van der Waals surface area contributed by atoms with Crippen molar-refractivity contribution >= 4 is 0 Å². The Morgan fingerprint density at radius 3 is 2.20 bits per heavy atom. The minimum Gasteiger partial charge on any atom is -0.396 e. The highest BCUT2D eigenvalue weighted by atomic mass is 16.5. The predicted octanol–water partition coefficient (Wildman–Crippen LogP) is 6.15. The Morgan fingerprint density at radius 2 is 1.52 bits per heavy atom. The molecule has 0 bridgehead atoms. The van der Waals surface area contributed by atoms with Gasteiger partial charge in [-0.25, -0.2) is 0 Å². The Kier molecular flexibility index (Phi) is 9.32. The zero-order valence-electron chi connectivity index (χ0n) is 15.5. The number of ether oxygens (including phenoxy) is 1. The first-order valence-corrected chi connectivity index (χ1v) is 9.73. The monoisotopic (exact) mass is 340 g/mol. The van der Waals surface area contributed by atoms with Crippen LogP contribution in [0.5, 0.6) is 0 Å². The lowest BCUT2D eigenvalue weighted by molar-refractivity contribution is 0.0421. The van der Waals surface area contributed by atoms with Crippen LogP contribution < -0.4 is 0 Å². The lowest BCUT2D eigenvalue weighted by Crippen LogP contribution is -2.06. The van der Waals surface area contributed by atoms with E-state index in [-0.39, 0.29) is 12.7 Å². The lowest BCUT2D eigenvalue weighted by atomic mass is 9.99. The molecule has 1 atom stereocenters. The minimum atomic E-state index is 0.167. The molecular formula is C23H32O2. The number of rotatable bonds is 12. The summed E-state index contributed by atoms with van der Waals surface area (Å²) in [5.74, 6) is 0. The van der Waals surface area contributed by atoms with E-state index in [0.717, 1.165) is 38.7 Å². The summed E-state index contributed by atoms with van der Waals surface area (Å²) in [6, 6.07) is 19.3. The van der Waals surface area contributed by atoms with Gasteiger partial charge in [-0.1, -0.05) is 87.2 Å². The predicted molar refractivity (Wildman–Crippen MR) is 106 cm³/mol. The van der Waals surface area contributed by atoms with Crippen molar-refractivity contribution in [2.75, 3.05) is 13.2 Å². The van der Waals surface area contributed by atoms with Crippen molar-refractivity contribution in [2.24, 2.45) is 0 Å². The van der Waals surface area contributed by atoms with Crippen LogP contribution in [0.1, 0.15) is 63.5 Å². The van der Waals surface area contributed by atoms with Crippen molar-refractivity contribution in [3.05, 3.63) is 60.2 Å². The second-order valence-corrected chi connectivity index (χ2v) is 6.63. The Hall–Kier alpha value is -1.64. The molecule has 0 spiro atoms. The molecule has 1 unspecified atom stereocenters. The van der Waals surface area contributed by atoms with E-state index in [1.165, 1.54) is 29.5 Å². The Labute approximate surface area is 152 Å². The van der Waals surface area contributed by atoms with Crippen LogP contribution in [0.3, 0.4) is 0 Å². The summed E-state index contributed by atoms with van der Waals surface area (Å²) in [5.41, 5.74) is 3.76. The van der Waals surface area contributed by atoms with E-state index in [1.54, 1.807) is 0 Å². The highest BCUT2D eigenvalue weighted by molar-refractivity contribution is 5.63. The number of benzene rings is 2. The molecule has 0 heterocycles. The van der Waals surface area contributed by atoms with E-state index in [2.05, 4.69) is 55.5 Å². The van der Waals surface area contributed by atoms with Gasteiger partial charge in [-0.3, -0.25) is 0 Å². The summed E-state index contributed by atoms with van der Waals surface area (Å²) < 4.78 is 6.19. The number of aliphatic hydroxyl groups is 1. The molecule has 0 aliphatic heterocycles. The molecule has 0 aliphatic carbocycles. The molecule has 25 heavy (non-hydrogen) atoms. The molecule has 0 amide bonds. The van der Waals surface area contributed by atoms with Gasteiger partial charge in [0.15, 0.2) is 0 Å². The summed E-state index contributed by atoms with van der Waals surface area (Å²) >= 11 is 0. The van der Waals surface area contributed by atoms with Gasteiger partial charge in [-0.05, 0) is 36.0 Å². The van der Waals surface area contributed by atoms with Crippen LogP contribution in [-0.4, -0.2) is 18.3 Å². The third-order valence-corrected chi connectivity index (χ3v) is 4.58. The van der Waals surface area contributed by atoms with Crippen molar-refractivity contribution in [3.63, 3.8) is 0 Å². The summed E-state index contributed by atoms with van der Waals surface area (Å²) in [7, 11) is 0. The average Bonchev–Trinajstić information content (AvgIpc) is 2.68. The zero-order chi connectivity index (χ0) is 17.7. The van der Waals surface area contributed by atoms with Gasteiger partial charge in [0.25, 0.3) is 0 Å². The molecule has 2 rings (SSSR count). The Bertz CT molecular complexity index is 550. The van der Waals surface area contributed by atoms with Gasteiger partial charge in [0.05, 0.1) is 6.10 Å². The van der Waals surface area contributed by atoms with Gasteiger partial charge in [0.2, 0.25) is 0 Å². The summed E-state index contributed by atoms with van der Waals surface area (Å²) in [6.07, 6.45) is 7.81. The van der Waals surface area contributed by atoms with Gasteiger partial charge in [-0.2, -0.15) is 0 Å². The van der Waals surface area contributed by atoms with Crippen LogP contribution in [-0.2, 0) is 4.74 Å². The van der Waals surface area contributed by atoms with Gasteiger partial charge in [0.1, 0.15) is 0 Å². The third-order valence-electron chi connectivity index (χ3n) is 4.58. The second-order valence-electron chi connectivity index (χ2n) is 6.63. The van der Waals surface area contributed by atoms with E-state index in [0.29, 0.717) is 0 Å². The van der Waals surface area contributed by atoms with Crippen molar-refractivity contribution in [1.82, 2.24) is 0 Å². The van der Waals surface area contributed by atoms with Crippen LogP contribution in [0.4, 0.5) is 0 Å². The summed E-state index contributed by atoms with van der Waals surface area (Å²) in [6.45, 7) is 3.33. The van der Waals surface area contributed by atoms with Gasteiger partial charge >= 0.3 is 0 Å². The SMILES string of the molecule is CCCCCOC(CCCCCO)c1ccc(-c2ccccc2)cc1. The third kappa shape index (κ3) is 7.01. The first-order chi connectivity index (χ1) is 12.3. The van der Waals surface area contributed by atoms with E-state index in [1.807, 2.05) is 6.07 Å². The minimum absolute atomic E-state index is 0.167. The van der Waals surface area contributed by atoms with Crippen LogP contribution in [0, 0.1) is 0 Å². The van der Waals surface area contributed by atoms with Crippen molar-refractivity contribution < 1.29 is 9.84 Å². The normalized spacial score (nSPS) is 12.2. The first-order valence-electron chi connectivity index (χ1n) is 9.73. The summed E-state index contributed by atoms with van der Waals surface area (Å²) in [5, 5.41) is 8.96. The fourth-order valence-electron chi connectivity index (χ4n) is 3.06. The summed E-state index contributed by atoms with van der Waals surface area (Å²) in [4.78, 5) is 0. The molecule has 2 aromatic carbocycles. The van der Waals surface area contributed by atoms with E-state index >= 15 is 0 Å². The molecule has 2 heteroatoms. The van der Waals surface area contributed by atoms with Gasteiger partial charge in [0, 0.05) is 13.2 Å². The maximum atomic E-state index is 8.96. The van der Waals surface area contributed by atoms with Crippen LogP contribution >= 0.6 is 0 Å². The molecule has 0 aliphatic rings. The Balaban J connectivity index is 1.98. The lowest BCUT2D eigenvalue weighted by Gasteiger charge is -2.19. The van der Waals surface area contributed by atoms with Crippen molar-refractivity contribution in [3.8, 4) is 11.1 Å². The molecule has 136 valence electrons. The molecular weight excluding hydrogens is 308 g/mol. The fourth-order valence-corrected chi connectivity index (χ4v) is 3.06. The second kappa shape index (κ2) is 11.8. The molecule has 2 aromatic rings. The highest BCUT2D eigenvalue weighted by Gasteiger charge is 2.12. The topological polar surface area (TPSA) is 29.5 Å². The molecule has 0 radical (unpaired) electrons. The van der Waals surface area contributed by atoms with Gasteiger partial charge < -0.3 is 9.84 Å². The maximum Gasteiger partial charge on any atom is 0.0824 e. The largest absolute Gasteiger partial charge is 0.396 e. The molecule has 0 aromatic heterocycles. The van der Waals surface area contributed by atoms with Gasteiger partial charge in [-0.15, -0.1) is 0 Å². The number of hydrogen-bond donors (Lipinski definition) is 1. The Morgan fingerprint density at radius 1 is 0.800 bits per heavy atom. The number of aliphatic hydroxyl groups excluding tert-OH is 1. The number of hydrogen-bond acceptors (Lipinski definition) is 2. The highest BCUT2D eigenvalue weighted by Crippen LogP contribution is 2.27. The molecule has 2 nitrogen and oxygen atoms in total.